The summed E-state index contributed by atoms with van der Waals surface area (Å²) >= 11 is 0. The Morgan fingerprint density at radius 3 is 2.07 bits per heavy atom. The van der Waals surface area contributed by atoms with Crippen LogP contribution in [-0.4, -0.2) is 39.1 Å². The molecule has 0 amide bonds. The van der Waals surface area contributed by atoms with Gasteiger partial charge in [0.2, 0.25) is 0 Å². The minimum Gasteiger partial charge on any atom is -0.469 e. The second-order valence-electron chi connectivity index (χ2n) is 2.64. The Bertz CT molecular complexity index is 157. The molecule has 2 N–H and O–H groups in total. The monoisotopic (exact) mass is 205 g/mol. The van der Waals surface area contributed by atoms with Gasteiger partial charge in [-0.1, -0.05) is 0 Å². The van der Waals surface area contributed by atoms with Crippen molar-refractivity contribution in [2.75, 3.05) is 26.9 Å². The number of hydrogen-bond donors (Lipinski definition) is 1. The maximum absolute atomic E-state index is 11.3. The van der Waals surface area contributed by atoms with Crippen molar-refractivity contribution in [1.82, 2.24) is 0 Å². The summed E-state index contributed by atoms with van der Waals surface area (Å²) in [6.45, 7) is 4.75. The van der Waals surface area contributed by atoms with Crippen LogP contribution in [0.15, 0.2) is 0 Å². The number of methoxy groups -OCH3 is 1. The summed E-state index contributed by atoms with van der Waals surface area (Å²) < 4.78 is 15.1. The van der Waals surface area contributed by atoms with Crippen molar-refractivity contribution >= 4 is 5.97 Å². The second kappa shape index (κ2) is 7.73. The molecule has 5 heteroatoms. The topological polar surface area (TPSA) is 70.8 Å². The van der Waals surface area contributed by atoms with Crippen LogP contribution in [0.1, 0.15) is 13.8 Å². The zero-order valence-electron chi connectivity index (χ0n) is 8.99. The minimum atomic E-state index is -0.609. The average molecular weight is 205 g/mol. The lowest BCUT2D eigenvalue weighted by Gasteiger charge is -2.23. The van der Waals surface area contributed by atoms with Crippen LogP contribution in [0.5, 0.6) is 0 Å². The van der Waals surface area contributed by atoms with E-state index >= 15 is 0 Å². The Morgan fingerprint density at radius 1 is 1.29 bits per heavy atom. The number of carbonyl (C=O) groups is 1. The Morgan fingerprint density at radius 2 is 1.79 bits per heavy atom. The molecule has 84 valence electrons. The molecule has 0 bridgehead atoms. The molecule has 0 saturated carbocycles. The van der Waals surface area contributed by atoms with E-state index in [-0.39, 0.29) is 6.54 Å². The first-order valence-corrected chi connectivity index (χ1v) is 4.72. The fraction of sp³-hybridized carbons (Fsp3) is 0.889. The summed E-state index contributed by atoms with van der Waals surface area (Å²) in [5.74, 6) is -0.959. The number of esters is 1. The van der Waals surface area contributed by atoms with Crippen molar-refractivity contribution in [3.8, 4) is 0 Å². The maximum Gasteiger partial charge on any atom is 0.315 e. The van der Waals surface area contributed by atoms with Gasteiger partial charge >= 0.3 is 5.97 Å². The molecular formula is C9H19NO4. The first-order chi connectivity index (χ1) is 6.71. The largest absolute Gasteiger partial charge is 0.469 e. The second-order valence-corrected chi connectivity index (χ2v) is 2.64. The number of ether oxygens (including phenoxy) is 3. The molecule has 0 aliphatic rings. The molecule has 0 aromatic rings. The van der Waals surface area contributed by atoms with Gasteiger partial charge in [-0.3, -0.25) is 4.79 Å². The smallest absolute Gasteiger partial charge is 0.315 e. The van der Waals surface area contributed by atoms with Gasteiger partial charge < -0.3 is 19.9 Å². The molecule has 5 nitrogen and oxygen atoms in total. The third-order valence-electron chi connectivity index (χ3n) is 1.75. The van der Waals surface area contributed by atoms with Crippen molar-refractivity contribution in [1.29, 1.82) is 0 Å². The van der Waals surface area contributed by atoms with Crippen LogP contribution in [0.25, 0.3) is 0 Å². The lowest BCUT2D eigenvalue weighted by Crippen LogP contribution is -2.39. The zero-order chi connectivity index (χ0) is 11.0. The van der Waals surface area contributed by atoms with Gasteiger partial charge in [0.25, 0.3) is 0 Å². The van der Waals surface area contributed by atoms with Crippen LogP contribution < -0.4 is 5.73 Å². The SMILES string of the molecule is CCOC(OCC)C(CN)C(=O)OC. The van der Waals surface area contributed by atoms with Gasteiger partial charge in [-0.2, -0.15) is 0 Å². The van der Waals surface area contributed by atoms with Crippen LogP contribution in [-0.2, 0) is 19.0 Å². The molecule has 14 heavy (non-hydrogen) atoms. The standard InChI is InChI=1S/C9H19NO4/c1-4-13-9(14-5-2)7(6-10)8(11)12-3/h7,9H,4-6,10H2,1-3H3. The predicted molar refractivity (Wildman–Crippen MR) is 51.6 cm³/mol. The lowest BCUT2D eigenvalue weighted by atomic mass is 10.1. The maximum atomic E-state index is 11.3. The van der Waals surface area contributed by atoms with Crippen LogP contribution in [0.2, 0.25) is 0 Å². The van der Waals surface area contributed by atoms with E-state index in [9.17, 15) is 4.79 Å². The van der Waals surface area contributed by atoms with E-state index < -0.39 is 18.2 Å². The Kier molecular flexibility index (Phi) is 7.37. The average Bonchev–Trinajstić information content (AvgIpc) is 2.19. The molecule has 0 rings (SSSR count). The molecule has 0 saturated heterocycles. The molecule has 0 fully saturated rings. The van der Waals surface area contributed by atoms with Gasteiger partial charge in [-0.25, -0.2) is 0 Å². The molecule has 0 heterocycles. The fourth-order valence-corrected chi connectivity index (χ4v) is 1.08. The van der Waals surface area contributed by atoms with Crippen LogP contribution in [0.4, 0.5) is 0 Å². The van der Waals surface area contributed by atoms with Gasteiger partial charge in [0.1, 0.15) is 5.92 Å². The molecule has 0 aromatic heterocycles. The third kappa shape index (κ3) is 4.04. The number of rotatable bonds is 7. The van der Waals surface area contributed by atoms with E-state index in [1.54, 1.807) is 0 Å². The van der Waals surface area contributed by atoms with Crippen LogP contribution in [0, 0.1) is 5.92 Å². The van der Waals surface area contributed by atoms with E-state index in [1.807, 2.05) is 13.8 Å². The number of nitrogens with two attached hydrogens (primary N) is 1. The van der Waals surface area contributed by atoms with Gasteiger partial charge in [-0.05, 0) is 13.8 Å². The molecule has 0 aliphatic heterocycles. The van der Waals surface area contributed by atoms with Gasteiger partial charge in [-0.15, -0.1) is 0 Å². The lowest BCUT2D eigenvalue weighted by molar-refractivity contribution is -0.186. The minimum absolute atomic E-state index is 0.150. The summed E-state index contributed by atoms with van der Waals surface area (Å²) in [7, 11) is 1.32. The van der Waals surface area contributed by atoms with Crippen LogP contribution in [0.3, 0.4) is 0 Å². The number of hydrogen-bond acceptors (Lipinski definition) is 5. The molecule has 0 aliphatic carbocycles. The molecule has 0 radical (unpaired) electrons. The van der Waals surface area contributed by atoms with Gasteiger partial charge in [0.15, 0.2) is 6.29 Å². The molecule has 0 aromatic carbocycles. The van der Waals surface area contributed by atoms with E-state index in [0.29, 0.717) is 13.2 Å². The first kappa shape index (κ1) is 13.4. The molecule has 0 spiro atoms. The van der Waals surface area contributed by atoms with Gasteiger partial charge in [0, 0.05) is 19.8 Å². The summed E-state index contributed by atoms with van der Waals surface area (Å²) in [5, 5.41) is 0. The van der Waals surface area contributed by atoms with E-state index in [2.05, 4.69) is 4.74 Å². The van der Waals surface area contributed by atoms with E-state index in [4.69, 9.17) is 15.2 Å². The summed E-state index contributed by atoms with van der Waals surface area (Å²) in [4.78, 5) is 11.3. The van der Waals surface area contributed by atoms with Gasteiger partial charge in [0.05, 0.1) is 7.11 Å². The fourth-order valence-electron chi connectivity index (χ4n) is 1.08. The highest BCUT2D eigenvalue weighted by Crippen LogP contribution is 2.10. The van der Waals surface area contributed by atoms with Crippen molar-refractivity contribution in [3.05, 3.63) is 0 Å². The van der Waals surface area contributed by atoms with E-state index in [0.717, 1.165) is 0 Å². The van der Waals surface area contributed by atoms with E-state index in [1.165, 1.54) is 7.11 Å². The molecule has 1 unspecified atom stereocenters. The first-order valence-electron chi connectivity index (χ1n) is 4.72. The normalized spacial score (nSPS) is 12.9. The quantitative estimate of drug-likeness (QED) is 0.472. The highest BCUT2D eigenvalue weighted by molar-refractivity contribution is 5.73. The third-order valence-corrected chi connectivity index (χ3v) is 1.75. The summed E-state index contributed by atoms with van der Waals surface area (Å²) in [6.07, 6.45) is -0.609. The zero-order valence-corrected chi connectivity index (χ0v) is 8.99. The summed E-state index contributed by atoms with van der Waals surface area (Å²) in [5.41, 5.74) is 5.45. The predicted octanol–water partition coefficient (Wildman–Crippen LogP) is 0.133. The Balaban J connectivity index is 4.31. The van der Waals surface area contributed by atoms with Crippen LogP contribution >= 0.6 is 0 Å². The highest BCUT2D eigenvalue weighted by Gasteiger charge is 2.28. The summed E-state index contributed by atoms with van der Waals surface area (Å²) in [6, 6.07) is 0. The molecular weight excluding hydrogens is 186 g/mol. The Labute approximate surface area is 84.5 Å². The highest BCUT2D eigenvalue weighted by atomic mass is 16.7. The van der Waals surface area contributed by atoms with Crippen molar-refractivity contribution in [2.45, 2.75) is 20.1 Å². The number of carbonyl (C=O) groups excluding carboxylic acids is 1. The van der Waals surface area contributed by atoms with Crippen molar-refractivity contribution < 1.29 is 19.0 Å². The Hall–Kier alpha value is -0.650. The molecule has 1 atom stereocenters. The van der Waals surface area contributed by atoms with Crippen molar-refractivity contribution in [3.63, 3.8) is 0 Å². The van der Waals surface area contributed by atoms with Crippen molar-refractivity contribution in [2.24, 2.45) is 11.7 Å².